The molecule has 6 nitrogen and oxygen atoms in total. The van der Waals surface area contributed by atoms with Crippen molar-refractivity contribution in [3.63, 3.8) is 0 Å². The fourth-order valence-electron chi connectivity index (χ4n) is 3.30. The lowest BCUT2D eigenvalue weighted by Gasteiger charge is -2.14. The van der Waals surface area contributed by atoms with Gasteiger partial charge in [-0.3, -0.25) is 14.8 Å². The zero-order chi connectivity index (χ0) is 24.8. The van der Waals surface area contributed by atoms with Crippen LogP contribution in [0.15, 0.2) is 71.9 Å². The number of amides is 1. The van der Waals surface area contributed by atoms with Crippen molar-refractivity contribution in [2.45, 2.75) is 12.6 Å². The van der Waals surface area contributed by atoms with Crippen LogP contribution < -0.4 is 15.4 Å². The van der Waals surface area contributed by atoms with Crippen LogP contribution in [0.3, 0.4) is 0 Å². The van der Waals surface area contributed by atoms with Crippen molar-refractivity contribution < 1.29 is 22.7 Å². The first-order valence-corrected chi connectivity index (χ1v) is 11.0. The van der Waals surface area contributed by atoms with Gasteiger partial charge in [0.25, 0.3) is 0 Å². The number of aliphatic imine (C=N–C) groups is 1. The highest BCUT2D eigenvalue weighted by Crippen LogP contribution is 2.36. The van der Waals surface area contributed by atoms with Gasteiger partial charge < -0.3 is 15.4 Å². The topological polar surface area (TPSA) is 75.6 Å². The molecule has 35 heavy (non-hydrogen) atoms. The number of carbonyl (C=O) groups excluding carboxylic acids is 1. The molecule has 0 saturated carbocycles. The van der Waals surface area contributed by atoms with Crippen molar-refractivity contribution in [3.8, 4) is 11.5 Å². The summed E-state index contributed by atoms with van der Waals surface area (Å²) < 4.78 is 45.0. The monoisotopic (exact) mass is 500 g/mol. The Morgan fingerprint density at radius 1 is 1.11 bits per heavy atom. The molecule has 0 saturated heterocycles. The number of aromatic nitrogens is 1. The van der Waals surface area contributed by atoms with E-state index >= 15 is 0 Å². The third-order valence-electron chi connectivity index (χ3n) is 4.93. The van der Waals surface area contributed by atoms with Crippen LogP contribution in [0.5, 0.6) is 11.5 Å². The molecule has 2 heterocycles. The number of rotatable bonds is 6. The molecule has 2 N–H and O–H groups in total. The maximum atomic E-state index is 13.0. The number of anilines is 1. The van der Waals surface area contributed by atoms with Crippen molar-refractivity contribution in [3.05, 3.63) is 88.7 Å². The van der Waals surface area contributed by atoms with E-state index in [4.69, 9.17) is 16.3 Å². The van der Waals surface area contributed by atoms with Gasteiger partial charge in [-0.2, -0.15) is 13.2 Å². The smallest absolute Gasteiger partial charge is 0.417 e. The maximum absolute atomic E-state index is 13.0. The largest absolute Gasteiger partial charge is 0.457 e. The quantitative estimate of drug-likeness (QED) is 0.411. The Bertz CT molecular complexity index is 1290. The molecule has 0 aliphatic carbocycles. The lowest BCUT2D eigenvalue weighted by molar-refractivity contribution is -0.137. The van der Waals surface area contributed by atoms with Crippen molar-refractivity contribution in [2.24, 2.45) is 4.99 Å². The van der Waals surface area contributed by atoms with Gasteiger partial charge >= 0.3 is 6.18 Å². The molecule has 1 amide bonds. The van der Waals surface area contributed by atoms with E-state index in [1.54, 1.807) is 42.6 Å². The molecule has 4 rings (SSSR count). The molecule has 1 aromatic heterocycles. The Morgan fingerprint density at radius 2 is 1.94 bits per heavy atom. The predicted octanol–water partition coefficient (Wildman–Crippen LogP) is 5.94. The highest BCUT2D eigenvalue weighted by Gasteiger charge is 2.33. The minimum Gasteiger partial charge on any atom is -0.457 e. The zero-order valence-corrected chi connectivity index (χ0v) is 19.0. The van der Waals surface area contributed by atoms with Gasteiger partial charge in [0.15, 0.2) is 0 Å². The second-order valence-corrected chi connectivity index (χ2v) is 7.98. The van der Waals surface area contributed by atoms with Gasteiger partial charge in [-0.1, -0.05) is 23.7 Å². The number of amidine groups is 1. The van der Waals surface area contributed by atoms with Gasteiger partial charge in [-0.15, -0.1) is 0 Å². The van der Waals surface area contributed by atoms with Gasteiger partial charge in [-0.25, -0.2) is 0 Å². The van der Waals surface area contributed by atoms with Gasteiger partial charge in [0.2, 0.25) is 5.91 Å². The van der Waals surface area contributed by atoms with Crippen molar-refractivity contribution in [1.82, 2.24) is 10.3 Å². The number of hydrogen-bond donors (Lipinski definition) is 2. The number of carbonyl (C=O) groups is 1. The van der Waals surface area contributed by atoms with Crippen molar-refractivity contribution in [1.29, 1.82) is 0 Å². The Labute approximate surface area is 204 Å². The van der Waals surface area contributed by atoms with Crippen LogP contribution in [0.25, 0.3) is 6.08 Å². The average Bonchev–Trinajstić information content (AvgIpc) is 2.84. The lowest BCUT2D eigenvalue weighted by Crippen LogP contribution is -2.30. The zero-order valence-electron chi connectivity index (χ0n) is 18.3. The van der Waals surface area contributed by atoms with Crippen LogP contribution in [0.2, 0.25) is 5.02 Å². The second kappa shape index (κ2) is 10.6. The molecule has 2 aromatic carbocycles. The minimum absolute atomic E-state index is 0.0148. The summed E-state index contributed by atoms with van der Waals surface area (Å²) >= 11 is 5.61. The highest BCUT2D eigenvalue weighted by atomic mass is 35.5. The SMILES string of the molecule is O=C(/C=C/c1cccc(Oc2ccnc(C3=NCCCN3)c2)c1)Nc1ccc(Cl)c(C(F)(F)F)c1. The molecule has 180 valence electrons. The molecule has 0 fully saturated rings. The van der Waals surface area contributed by atoms with Gasteiger partial charge in [-0.05, 0) is 54.5 Å². The molecule has 0 spiro atoms. The van der Waals surface area contributed by atoms with Crippen LogP contribution in [0.1, 0.15) is 23.2 Å². The van der Waals surface area contributed by atoms with Crippen LogP contribution in [0, 0.1) is 0 Å². The molecule has 0 unspecified atom stereocenters. The number of nitrogens with one attached hydrogen (secondary N) is 2. The molecule has 1 aliphatic heterocycles. The first kappa shape index (κ1) is 24.3. The minimum atomic E-state index is -4.62. The second-order valence-electron chi connectivity index (χ2n) is 7.58. The lowest BCUT2D eigenvalue weighted by atomic mass is 10.2. The fraction of sp³-hybridized carbons (Fsp3) is 0.160. The number of halogens is 4. The third-order valence-corrected chi connectivity index (χ3v) is 5.26. The molecule has 0 radical (unpaired) electrons. The highest BCUT2D eigenvalue weighted by molar-refractivity contribution is 6.31. The van der Waals surface area contributed by atoms with E-state index in [1.165, 1.54) is 18.2 Å². The summed E-state index contributed by atoms with van der Waals surface area (Å²) in [5.41, 5.74) is 0.318. The summed E-state index contributed by atoms with van der Waals surface area (Å²) in [6.45, 7) is 1.59. The summed E-state index contributed by atoms with van der Waals surface area (Å²) in [4.78, 5) is 21.0. The Kier molecular flexibility index (Phi) is 7.36. The standard InChI is InChI=1S/C25H20ClF3N4O2/c26-21-7-6-17(14-20(21)25(27,28)29)33-23(34)8-5-16-3-1-4-18(13-16)35-19-9-12-30-22(15-19)24-31-10-2-11-32-24/h1,3-9,12-15H,2,10-11H2,(H,31,32)(H,33,34)/b8-5+. The van der Waals surface area contributed by atoms with E-state index in [0.29, 0.717) is 22.8 Å². The first-order chi connectivity index (χ1) is 16.8. The van der Waals surface area contributed by atoms with Crippen LogP contribution >= 0.6 is 11.6 Å². The molecule has 3 aromatic rings. The predicted molar refractivity (Wildman–Crippen MR) is 129 cm³/mol. The molecular weight excluding hydrogens is 481 g/mol. The maximum Gasteiger partial charge on any atom is 0.417 e. The average molecular weight is 501 g/mol. The van der Waals surface area contributed by atoms with E-state index < -0.39 is 22.7 Å². The molecular formula is C25H20ClF3N4O2. The Balaban J connectivity index is 1.42. The van der Waals surface area contributed by atoms with Gasteiger partial charge in [0.1, 0.15) is 23.0 Å². The van der Waals surface area contributed by atoms with Crippen LogP contribution in [-0.4, -0.2) is 29.8 Å². The van der Waals surface area contributed by atoms with E-state index in [1.807, 2.05) is 0 Å². The summed E-state index contributed by atoms with van der Waals surface area (Å²) in [6.07, 6.45) is 0.745. The molecule has 10 heteroatoms. The van der Waals surface area contributed by atoms with E-state index in [0.717, 1.165) is 37.5 Å². The van der Waals surface area contributed by atoms with Crippen molar-refractivity contribution in [2.75, 3.05) is 18.4 Å². The fourth-order valence-corrected chi connectivity index (χ4v) is 3.53. The number of nitrogens with zero attached hydrogens (tertiary/aromatic N) is 2. The number of alkyl halides is 3. The van der Waals surface area contributed by atoms with E-state index in [2.05, 4.69) is 20.6 Å². The Morgan fingerprint density at radius 3 is 2.71 bits per heavy atom. The molecule has 1 aliphatic rings. The first-order valence-electron chi connectivity index (χ1n) is 10.7. The number of ether oxygens (including phenoxy) is 1. The number of benzene rings is 2. The summed E-state index contributed by atoms with van der Waals surface area (Å²) in [7, 11) is 0. The van der Waals surface area contributed by atoms with Crippen molar-refractivity contribution >= 4 is 35.1 Å². The van der Waals surface area contributed by atoms with Gasteiger partial charge in [0, 0.05) is 37.1 Å². The number of pyridine rings is 1. The number of hydrogen-bond acceptors (Lipinski definition) is 5. The Hall–Kier alpha value is -3.85. The van der Waals surface area contributed by atoms with Gasteiger partial charge in [0.05, 0.1) is 10.6 Å². The van der Waals surface area contributed by atoms with E-state index in [-0.39, 0.29) is 5.69 Å². The molecule has 0 atom stereocenters. The van der Waals surface area contributed by atoms with Crippen LogP contribution in [0.4, 0.5) is 18.9 Å². The van der Waals surface area contributed by atoms with Crippen LogP contribution in [-0.2, 0) is 11.0 Å². The third kappa shape index (κ3) is 6.60. The summed E-state index contributed by atoms with van der Waals surface area (Å²) in [6, 6.07) is 13.7. The molecule has 0 bridgehead atoms. The normalized spacial score (nSPS) is 13.8. The summed E-state index contributed by atoms with van der Waals surface area (Å²) in [5, 5.41) is 5.18. The van der Waals surface area contributed by atoms with E-state index in [9.17, 15) is 18.0 Å². The summed E-state index contributed by atoms with van der Waals surface area (Å²) in [5.74, 6) is 1.25.